The summed E-state index contributed by atoms with van der Waals surface area (Å²) in [6.45, 7) is 14.7. The lowest BCUT2D eigenvalue weighted by Crippen LogP contribution is -2.44. The molecule has 3 nitrogen and oxygen atoms in total. The molecular weight excluding hydrogens is 302 g/mol. The molecule has 0 fully saturated rings. The molecule has 0 saturated heterocycles. The van der Waals surface area contributed by atoms with E-state index in [0.717, 1.165) is 5.56 Å². The Hall–Kier alpha value is -0.843. The third-order valence-corrected chi connectivity index (χ3v) is 8.71. The predicted molar refractivity (Wildman–Crippen MR) is 90.8 cm³/mol. The molecule has 1 N–H and O–H groups in total. The van der Waals surface area contributed by atoms with Crippen LogP contribution in [0.25, 0.3) is 0 Å². The highest BCUT2D eigenvalue weighted by atomic mass is 35.5. The third-order valence-electron chi connectivity index (χ3n) is 3.98. The summed E-state index contributed by atoms with van der Waals surface area (Å²) in [4.78, 5) is 12.0. The van der Waals surface area contributed by atoms with E-state index in [0.29, 0.717) is 5.02 Å². The first kappa shape index (κ1) is 18.2. The summed E-state index contributed by atoms with van der Waals surface area (Å²) in [5, 5.41) is 3.60. The van der Waals surface area contributed by atoms with Gasteiger partial charge in [-0.3, -0.25) is 4.79 Å². The van der Waals surface area contributed by atoms with Crippen LogP contribution in [0.15, 0.2) is 24.3 Å². The Balaban J connectivity index is 2.52. The fraction of sp³-hybridized carbons (Fsp3) is 0.500. The second-order valence-electron chi connectivity index (χ2n) is 6.72. The van der Waals surface area contributed by atoms with Crippen molar-refractivity contribution in [2.75, 3.05) is 6.61 Å². The molecule has 1 amide bonds. The van der Waals surface area contributed by atoms with Gasteiger partial charge >= 0.3 is 0 Å². The minimum absolute atomic E-state index is 0.0795. The van der Waals surface area contributed by atoms with Crippen LogP contribution in [-0.4, -0.2) is 20.8 Å². The maximum absolute atomic E-state index is 12.0. The lowest BCUT2D eigenvalue weighted by Gasteiger charge is -2.35. The molecule has 0 aliphatic heterocycles. The standard InChI is InChI=1S/C16H25ClNO2Si/c1-12(13-7-9-14(17)10-8-13)18-15(19)11-20-21(5,6)16(2,3)4/h7-10,12H,1,11H2,2-6H3,(H,18,19). The molecule has 0 spiro atoms. The molecule has 0 aliphatic rings. The average molecular weight is 327 g/mol. The van der Waals surface area contributed by atoms with E-state index in [1.54, 1.807) is 12.1 Å². The van der Waals surface area contributed by atoms with Crippen LogP contribution in [0.4, 0.5) is 0 Å². The number of hydrogen-bond donors (Lipinski definition) is 1. The Morgan fingerprint density at radius 3 is 2.33 bits per heavy atom. The van der Waals surface area contributed by atoms with Crippen molar-refractivity contribution in [3.8, 4) is 0 Å². The smallest absolute Gasteiger partial charge is 0.245 e. The Labute approximate surface area is 134 Å². The highest BCUT2D eigenvalue weighted by Crippen LogP contribution is 2.36. The molecule has 1 aromatic carbocycles. The lowest BCUT2D eigenvalue weighted by atomic mass is 10.1. The Morgan fingerprint density at radius 2 is 1.86 bits per heavy atom. The zero-order chi connectivity index (χ0) is 16.3. The number of amides is 1. The number of rotatable bonds is 5. The topological polar surface area (TPSA) is 38.3 Å². The number of hydrogen-bond acceptors (Lipinski definition) is 2. The molecule has 1 rings (SSSR count). The predicted octanol–water partition coefficient (Wildman–Crippen LogP) is 4.35. The summed E-state index contributed by atoms with van der Waals surface area (Å²) in [6, 6.07) is 6.97. The van der Waals surface area contributed by atoms with Gasteiger partial charge in [0.2, 0.25) is 5.91 Å². The van der Waals surface area contributed by atoms with Crippen LogP contribution in [0.2, 0.25) is 23.2 Å². The third kappa shape index (κ3) is 5.45. The van der Waals surface area contributed by atoms with Gasteiger partial charge in [0.15, 0.2) is 8.32 Å². The number of carbonyl (C=O) groups excluding carboxylic acids is 1. The zero-order valence-corrected chi connectivity index (χ0v) is 15.3. The van der Waals surface area contributed by atoms with Crippen LogP contribution in [0.5, 0.6) is 0 Å². The second kappa shape index (κ2) is 6.94. The van der Waals surface area contributed by atoms with Gasteiger partial charge in [0.25, 0.3) is 0 Å². The minimum atomic E-state index is -1.90. The molecule has 5 heteroatoms. The van der Waals surface area contributed by atoms with Crippen molar-refractivity contribution in [3.05, 3.63) is 41.8 Å². The van der Waals surface area contributed by atoms with E-state index in [-0.39, 0.29) is 23.6 Å². The molecule has 0 bridgehead atoms. The summed E-state index contributed by atoms with van der Waals surface area (Å²) in [5.41, 5.74) is 0.917. The number of carbonyl (C=O) groups is 1. The van der Waals surface area contributed by atoms with E-state index in [4.69, 9.17) is 16.0 Å². The Bertz CT molecular complexity index is 480. The van der Waals surface area contributed by atoms with Gasteiger partial charge in [-0.1, -0.05) is 44.5 Å². The average Bonchev–Trinajstić information content (AvgIpc) is 2.36. The molecule has 1 aromatic rings. The fourth-order valence-electron chi connectivity index (χ4n) is 1.48. The van der Waals surface area contributed by atoms with Crippen LogP contribution in [0, 0.1) is 6.92 Å². The zero-order valence-electron chi connectivity index (χ0n) is 13.5. The number of halogens is 1. The van der Waals surface area contributed by atoms with Crippen molar-refractivity contribution in [1.82, 2.24) is 5.32 Å². The van der Waals surface area contributed by atoms with Gasteiger partial charge in [-0.05, 0) is 42.8 Å². The van der Waals surface area contributed by atoms with E-state index in [1.165, 1.54) is 0 Å². The van der Waals surface area contributed by atoms with Gasteiger partial charge in [-0.25, -0.2) is 0 Å². The van der Waals surface area contributed by atoms with Crippen molar-refractivity contribution < 1.29 is 9.22 Å². The van der Waals surface area contributed by atoms with Gasteiger partial charge in [-0.2, -0.15) is 0 Å². The van der Waals surface area contributed by atoms with E-state index >= 15 is 0 Å². The first-order chi connectivity index (χ1) is 9.53. The normalized spacial score (nSPS) is 13.9. The van der Waals surface area contributed by atoms with Crippen LogP contribution >= 0.6 is 11.6 Å². The Kier molecular flexibility index (Phi) is 6.02. The van der Waals surface area contributed by atoms with E-state index in [1.807, 2.05) is 12.1 Å². The molecule has 1 radical (unpaired) electrons. The summed E-state index contributed by atoms with van der Waals surface area (Å²) >= 11 is 5.84. The first-order valence-corrected chi connectivity index (χ1v) is 10.3. The highest BCUT2D eigenvalue weighted by Gasteiger charge is 2.37. The van der Waals surface area contributed by atoms with Crippen molar-refractivity contribution in [2.24, 2.45) is 0 Å². The van der Waals surface area contributed by atoms with Crippen LogP contribution in [-0.2, 0) is 9.22 Å². The SMILES string of the molecule is [CH2]C(NC(=O)CO[Si](C)(C)C(C)(C)C)c1ccc(Cl)cc1. The van der Waals surface area contributed by atoms with Gasteiger partial charge in [0.05, 0.1) is 6.04 Å². The van der Waals surface area contributed by atoms with Crippen LogP contribution in [0.3, 0.4) is 0 Å². The van der Waals surface area contributed by atoms with E-state index in [9.17, 15) is 4.79 Å². The summed E-state index contributed by atoms with van der Waals surface area (Å²) < 4.78 is 5.89. The molecule has 117 valence electrons. The monoisotopic (exact) mass is 326 g/mol. The van der Waals surface area contributed by atoms with Gasteiger partial charge in [0, 0.05) is 5.02 Å². The van der Waals surface area contributed by atoms with E-state index in [2.05, 4.69) is 46.1 Å². The summed E-state index contributed by atoms with van der Waals surface area (Å²) in [7, 11) is -1.90. The van der Waals surface area contributed by atoms with Gasteiger partial charge < -0.3 is 9.74 Å². The molecule has 1 unspecified atom stereocenters. The largest absolute Gasteiger partial charge is 0.408 e. The summed E-state index contributed by atoms with van der Waals surface area (Å²) in [6.07, 6.45) is 0. The van der Waals surface area contributed by atoms with Crippen LogP contribution < -0.4 is 5.32 Å². The molecule has 0 aromatic heterocycles. The molecule has 21 heavy (non-hydrogen) atoms. The highest BCUT2D eigenvalue weighted by molar-refractivity contribution is 6.74. The minimum Gasteiger partial charge on any atom is -0.408 e. The van der Waals surface area contributed by atoms with Crippen molar-refractivity contribution in [3.63, 3.8) is 0 Å². The molecule has 0 aliphatic carbocycles. The van der Waals surface area contributed by atoms with E-state index < -0.39 is 8.32 Å². The molecule has 0 heterocycles. The van der Waals surface area contributed by atoms with Crippen molar-refractivity contribution >= 4 is 25.8 Å². The second-order valence-corrected chi connectivity index (χ2v) is 12.0. The maximum atomic E-state index is 12.0. The Morgan fingerprint density at radius 1 is 1.33 bits per heavy atom. The number of benzene rings is 1. The number of nitrogens with one attached hydrogen (secondary N) is 1. The lowest BCUT2D eigenvalue weighted by molar-refractivity contribution is -0.123. The van der Waals surface area contributed by atoms with Crippen molar-refractivity contribution in [2.45, 2.75) is 44.9 Å². The maximum Gasteiger partial charge on any atom is 0.245 e. The molecular formula is C16H25ClNO2Si. The first-order valence-electron chi connectivity index (χ1n) is 7.05. The quantitative estimate of drug-likeness (QED) is 0.817. The molecule has 0 saturated carbocycles. The van der Waals surface area contributed by atoms with Gasteiger partial charge in [0.1, 0.15) is 6.61 Å². The van der Waals surface area contributed by atoms with Gasteiger partial charge in [-0.15, -0.1) is 0 Å². The van der Waals surface area contributed by atoms with Crippen LogP contribution in [0.1, 0.15) is 32.4 Å². The molecule has 1 atom stereocenters. The summed E-state index contributed by atoms with van der Waals surface area (Å²) in [5.74, 6) is -0.144. The van der Waals surface area contributed by atoms with Crippen molar-refractivity contribution in [1.29, 1.82) is 0 Å². The fourth-order valence-corrected chi connectivity index (χ4v) is 2.53.